The van der Waals surface area contributed by atoms with Crippen LogP contribution in [0.4, 0.5) is 5.69 Å². The first-order valence-electron chi connectivity index (χ1n) is 19.9. The minimum absolute atomic E-state index is 0. The third-order valence-corrected chi connectivity index (χ3v) is 12.1. The monoisotopic (exact) mass is 905 g/mol. The van der Waals surface area contributed by atoms with Crippen LogP contribution in [-0.4, -0.2) is 16.6 Å². The van der Waals surface area contributed by atoms with E-state index >= 15 is 0 Å². The van der Waals surface area contributed by atoms with E-state index in [4.69, 9.17) is 9.73 Å². The Hall–Kier alpha value is -3.53. The van der Waals surface area contributed by atoms with Gasteiger partial charge in [-0.1, -0.05) is 136 Å². The number of carbonyl (C=O) groups is 1. The van der Waals surface area contributed by atoms with Crippen molar-refractivity contribution in [3.05, 3.63) is 118 Å². The Morgan fingerprint density at radius 1 is 0.870 bits per heavy atom. The zero-order valence-electron chi connectivity index (χ0n) is 34.7. The molecule has 2 aliphatic heterocycles. The Morgan fingerprint density at radius 3 is 2.13 bits per heavy atom. The summed E-state index contributed by atoms with van der Waals surface area (Å²) in [6.45, 7) is 25.6. The number of allylic oxidation sites excluding steroid dienone is 2. The SMILES string of the molecule is CCC(C)(CC)C(=O)/C=C(\O)C(C)(CC)CC.Cc1ccc2c(c1)C1Oc3c(CC(C)C)cccc3C1C(c1[c-]c3ccccc3c(C(C)(C)C)c1)=N2.[Ir]. The molecule has 2 unspecified atom stereocenters. The number of hydrogen-bond acceptors (Lipinski definition) is 4. The van der Waals surface area contributed by atoms with Crippen molar-refractivity contribution >= 4 is 28.0 Å². The zero-order valence-corrected chi connectivity index (χ0v) is 37.1. The predicted molar refractivity (Wildman–Crippen MR) is 223 cm³/mol. The molecule has 6 rings (SSSR count). The standard InChI is InChI=1S/C34H34NO.C15H28O2.Ir/c1-20(2)16-23-11-9-13-26-30-31(35-29-15-14-21(3)17-27(29)33(30)36-32(23)26)24-18-22-10-7-8-12-25(22)28(19-24)34(4,5)6;1-7-14(5,8-2)12(16)11-13(17)15(6,9-3)10-4;/h7-15,17,19-20,30,33H,16H2,1-6H3;11,16H,7-10H2,1-6H3;/q-1;;/b;12-11-;. The van der Waals surface area contributed by atoms with Crippen molar-refractivity contribution in [2.75, 3.05) is 0 Å². The first kappa shape index (κ1) is 43.2. The van der Waals surface area contributed by atoms with Gasteiger partial charge in [0.2, 0.25) is 0 Å². The third kappa shape index (κ3) is 8.63. The number of carbonyl (C=O) groups excluding carboxylic acids is 1. The van der Waals surface area contributed by atoms with E-state index in [0.717, 1.165) is 60.2 Å². The van der Waals surface area contributed by atoms with Crippen LogP contribution in [0, 0.1) is 29.7 Å². The maximum atomic E-state index is 12.2. The number of benzene rings is 4. The van der Waals surface area contributed by atoms with Gasteiger partial charge in [0, 0.05) is 54.1 Å². The number of aliphatic hydroxyl groups excluding tert-OH is 1. The van der Waals surface area contributed by atoms with Crippen molar-refractivity contribution in [3.63, 3.8) is 0 Å². The fourth-order valence-corrected chi connectivity index (χ4v) is 7.59. The summed E-state index contributed by atoms with van der Waals surface area (Å²) in [4.78, 5) is 17.5. The molecule has 4 nitrogen and oxygen atoms in total. The summed E-state index contributed by atoms with van der Waals surface area (Å²) in [5.74, 6) is 1.95. The summed E-state index contributed by atoms with van der Waals surface area (Å²) in [7, 11) is 0. The van der Waals surface area contributed by atoms with Crippen LogP contribution >= 0.6 is 0 Å². The van der Waals surface area contributed by atoms with Crippen LogP contribution in [0.5, 0.6) is 5.75 Å². The minimum atomic E-state index is -0.337. The number of ether oxygens (including phenoxy) is 1. The van der Waals surface area contributed by atoms with Gasteiger partial charge in [-0.05, 0) is 67.7 Å². The van der Waals surface area contributed by atoms with E-state index in [0.29, 0.717) is 5.92 Å². The van der Waals surface area contributed by atoms with Gasteiger partial charge >= 0.3 is 0 Å². The molecule has 0 bridgehead atoms. The maximum Gasteiger partial charge on any atom is 0.164 e. The molecular formula is C49H62IrNO3-. The number of nitrogens with zero attached hydrogens (tertiary/aromatic N) is 1. The van der Waals surface area contributed by atoms with Gasteiger partial charge < -0.3 is 9.84 Å². The second-order valence-electron chi connectivity index (χ2n) is 17.3. The van der Waals surface area contributed by atoms with Gasteiger partial charge in [-0.3, -0.25) is 9.79 Å². The Labute approximate surface area is 339 Å². The van der Waals surface area contributed by atoms with Crippen LogP contribution < -0.4 is 4.74 Å². The van der Waals surface area contributed by atoms with Crippen LogP contribution in [0.2, 0.25) is 0 Å². The number of ketones is 1. The van der Waals surface area contributed by atoms with Crippen LogP contribution in [0.15, 0.2) is 83.6 Å². The summed E-state index contributed by atoms with van der Waals surface area (Å²) in [5, 5.41) is 12.5. The van der Waals surface area contributed by atoms with Crippen LogP contribution in [-0.2, 0) is 36.7 Å². The molecule has 0 aromatic heterocycles. The van der Waals surface area contributed by atoms with E-state index in [2.05, 4.69) is 114 Å². The quantitative estimate of drug-likeness (QED) is 0.0980. The molecule has 0 saturated carbocycles. The van der Waals surface area contributed by atoms with E-state index in [1.54, 1.807) is 0 Å². The summed E-state index contributed by atoms with van der Waals surface area (Å²) in [6.07, 6.45) is 5.68. The number of aryl methyl sites for hydroxylation is 1. The third-order valence-electron chi connectivity index (χ3n) is 12.1. The van der Waals surface area contributed by atoms with Gasteiger partial charge in [0.1, 0.15) is 17.6 Å². The molecule has 2 atom stereocenters. The first-order valence-corrected chi connectivity index (χ1v) is 19.9. The predicted octanol–water partition coefficient (Wildman–Crippen LogP) is 13.4. The summed E-state index contributed by atoms with van der Waals surface area (Å²) in [6, 6.07) is 27.9. The Kier molecular flexibility index (Phi) is 13.7. The van der Waals surface area contributed by atoms with E-state index in [9.17, 15) is 9.90 Å². The molecule has 2 aliphatic rings. The van der Waals surface area contributed by atoms with Gasteiger partial charge in [-0.2, -0.15) is 0 Å². The molecule has 1 radical (unpaired) electrons. The number of hydrogen-bond donors (Lipinski definition) is 1. The molecule has 0 spiro atoms. The molecule has 0 amide bonds. The maximum absolute atomic E-state index is 12.2. The Bertz CT molecular complexity index is 2020. The van der Waals surface area contributed by atoms with Crippen molar-refractivity contribution in [1.82, 2.24) is 0 Å². The number of rotatable bonds is 10. The van der Waals surface area contributed by atoms with Crippen LogP contribution in [0.3, 0.4) is 0 Å². The van der Waals surface area contributed by atoms with E-state index in [1.165, 1.54) is 39.3 Å². The van der Waals surface area contributed by atoms with Crippen LogP contribution in [0.1, 0.15) is 147 Å². The summed E-state index contributed by atoms with van der Waals surface area (Å²) >= 11 is 0. The van der Waals surface area contributed by atoms with Crippen molar-refractivity contribution < 1.29 is 34.7 Å². The van der Waals surface area contributed by atoms with Gasteiger partial charge in [-0.25, -0.2) is 0 Å². The molecular weight excluding hydrogens is 843 g/mol. The largest absolute Gasteiger partial charge is 0.512 e. The molecule has 1 N–H and O–H groups in total. The second kappa shape index (κ2) is 17.1. The molecule has 0 fully saturated rings. The molecule has 2 heterocycles. The van der Waals surface area contributed by atoms with E-state index < -0.39 is 0 Å². The van der Waals surface area contributed by atoms with E-state index in [1.807, 2.05) is 41.5 Å². The average Bonchev–Trinajstić information content (AvgIpc) is 3.54. The molecule has 0 saturated heterocycles. The van der Waals surface area contributed by atoms with Gasteiger partial charge in [-0.15, -0.1) is 34.7 Å². The number of para-hydroxylation sites is 1. The summed E-state index contributed by atoms with van der Waals surface area (Å²) in [5.41, 5.74) is 8.84. The second-order valence-corrected chi connectivity index (χ2v) is 17.3. The number of aliphatic hydroxyl groups is 1. The molecule has 0 aliphatic carbocycles. The van der Waals surface area contributed by atoms with E-state index in [-0.39, 0.29) is 59.9 Å². The van der Waals surface area contributed by atoms with Crippen molar-refractivity contribution in [2.24, 2.45) is 21.7 Å². The van der Waals surface area contributed by atoms with Crippen molar-refractivity contribution in [3.8, 4) is 5.75 Å². The fourth-order valence-electron chi connectivity index (χ4n) is 7.59. The van der Waals surface area contributed by atoms with Gasteiger partial charge in [0.15, 0.2) is 5.78 Å². The fraction of sp³-hybridized carbons (Fsp3) is 0.469. The average molecular weight is 905 g/mol. The van der Waals surface area contributed by atoms with Gasteiger partial charge in [0.05, 0.1) is 5.69 Å². The zero-order chi connectivity index (χ0) is 38.9. The topological polar surface area (TPSA) is 58.9 Å². The molecule has 4 aromatic carbocycles. The normalized spacial score (nSPS) is 16.7. The molecule has 4 aromatic rings. The first-order chi connectivity index (χ1) is 25.0. The molecule has 291 valence electrons. The van der Waals surface area contributed by atoms with Crippen LogP contribution in [0.25, 0.3) is 10.8 Å². The molecule has 54 heavy (non-hydrogen) atoms. The van der Waals surface area contributed by atoms with Gasteiger partial charge in [0.25, 0.3) is 0 Å². The van der Waals surface area contributed by atoms with Crippen molar-refractivity contribution in [2.45, 2.75) is 133 Å². The minimum Gasteiger partial charge on any atom is -0.512 e. The Balaban J connectivity index is 0.000000309. The Morgan fingerprint density at radius 2 is 1.52 bits per heavy atom. The number of aliphatic imine (C=N–C) groups is 1. The molecule has 5 heteroatoms. The summed E-state index contributed by atoms with van der Waals surface area (Å²) < 4.78 is 6.87. The number of fused-ring (bicyclic) bond motifs is 6. The van der Waals surface area contributed by atoms with Crippen molar-refractivity contribution in [1.29, 1.82) is 0 Å². The smallest absolute Gasteiger partial charge is 0.164 e.